The van der Waals surface area contributed by atoms with Crippen molar-refractivity contribution in [1.82, 2.24) is 0 Å². The summed E-state index contributed by atoms with van der Waals surface area (Å²) < 4.78 is 1.10. The van der Waals surface area contributed by atoms with E-state index in [1.807, 2.05) is 0 Å². The van der Waals surface area contributed by atoms with Crippen LogP contribution in [0.15, 0.2) is 63.8 Å². The van der Waals surface area contributed by atoms with E-state index in [2.05, 4.69) is 80.5 Å². The fourth-order valence-corrected chi connectivity index (χ4v) is 3.83. The highest BCUT2D eigenvalue weighted by Gasteiger charge is 2.15. The molecule has 1 aromatic carbocycles. The van der Waals surface area contributed by atoms with Crippen LogP contribution in [-0.2, 0) is 0 Å². The highest BCUT2D eigenvalue weighted by molar-refractivity contribution is 9.10. The second-order valence-electron chi connectivity index (χ2n) is 4.12. The molecule has 3 aromatic rings. The number of hydrogen-bond acceptors (Lipinski definition) is 3. The van der Waals surface area contributed by atoms with E-state index >= 15 is 0 Å². The van der Waals surface area contributed by atoms with Crippen molar-refractivity contribution < 1.29 is 0 Å². The van der Waals surface area contributed by atoms with Crippen molar-refractivity contribution in [2.75, 3.05) is 5.32 Å². The molecule has 2 heterocycles. The van der Waals surface area contributed by atoms with Crippen molar-refractivity contribution >= 4 is 44.3 Å². The Bertz CT molecular complexity index is 580. The van der Waals surface area contributed by atoms with Crippen LogP contribution in [0.2, 0.25) is 0 Å². The van der Waals surface area contributed by atoms with Crippen LogP contribution in [0.25, 0.3) is 0 Å². The summed E-state index contributed by atoms with van der Waals surface area (Å²) in [5.41, 5.74) is 1.13. The zero-order valence-corrected chi connectivity index (χ0v) is 13.3. The third-order valence-corrected chi connectivity index (χ3v) is 5.21. The Morgan fingerprint density at radius 1 is 0.842 bits per heavy atom. The van der Waals surface area contributed by atoms with Crippen molar-refractivity contribution in [3.63, 3.8) is 0 Å². The molecule has 0 aliphatic heterocycles. The molecule has 1 nitrogen and oxygen atoms in total. The molecule has 4 heteroatoms. The first-order chi connectivity index (χ1) is 9.33. The quantitative estimate of drug-likeness (QED) is 0.629. The van der Waals surface area contributed by atoms with Crippen LogP contribution in [0.3, 0.4) is 0 Å². The monoisotopic (exact) mass is 349 g/mol. The van der Waals surface area contributed by atoms with E-state index in [0.29, 0.717) is 0 Å². The molecule has 0 aliphatic carbocycles. The van der Waals surface area contributed by atoms with E-state index in [-0.39, 0.29) is 6.04 Å². The predicted octanol–water partition coefficient (Wildman–Crippen LogP) is 5.77. The summed E-state index contributed by atoms with van der Waals surface area (Å²) in [6.45, 7) is 0. The minimum Gasteiger partial charge on any atom is -0.373 e. The molecule has 0 saturated carbocycles. The fraction of sp³-hybridized carbons (Fsp3) is 0.0667. The van der Waals surface area contributed by atoms with E-state index in [9.17, 15) is 0 Å². The van der Waals surface area contributed by atoms with Gasteiger partial charge in [-0.2, -0.15) is 0 Å². The maximum atomic E-state index is 3.61. The summed E-state index contributed by atoms with van der Waals surface area (Å²) in [5.74, 6) is 0. The minimum atomic E-state index is 0.237. The fourth-order valence-electron chi connectivity index (χ4n) is 1.91. The van der Waals surface area contributed by atoms with Crippen LogP contribution in [0.4, 0.5) is 5.69 Å². The highest BCUT2D eigenvalue weighted by atomic mass is 79.9. The molecule has 0 aliphatic rings. The Balaban J connectivity index is 1.90. The number of anilines is 1. The molecular formula is C15H12BrNS2. The summed E-state index contributed by atoms with van der Waals surface area (Å²) in [6, 6.07) is 17.1. The Morgan fingerprint density at radius 2 is 1.42 bits per heavy atom. The van der Waals surface area contributed by atoms with Crippen LogP contribution in [0.1, 0.15) is 15.8 Å². The number of thiophene rings is 2. The van der Waals surface area contributed by atoms with Gasteiger partial charge < -0.3 is 5.32 Å². The third kappa shape index (κ3) is 3.08. The SMILES string of the molecule is Brc1ccc(NC(c2cccs2)c2cccs2)cc1. The Kier molecular flexibility index (Phi) is 4.01. The molecule has 0 saturated heterocycles. The lowest BCUT2D eigenvalue weighted by molar-refractivity contribution is 0.993. The molecule has 0 radical (unpaired) electrons. The molecule has 19 heavy (non-hydrogen) atoms. The molecule has 0 atom stereocenters. The number of rotatable bonds is 4. The molecule has 0 fully saturated rings. The standard InChI is InChI=1S/C15H12BrNS2/c16-11-5-7-12(8-6-11)17-15(13-3-1-9-18-13)14-4-2-10-19-14/h1-10,15,17H. The summed E-state index contributed by atoms with van der Waals surface area (Å²) in [5, 5.41) is 7.86. The molecule has 1 N–H and O–H groups in total. The van der Waals surface area contributed by atoms with Gasteiger partial charge in [-0.1, -0.05) is 28.1 Å². The zero-order chi connectivity index (χ0) is 13.1. The molecular weight excluding hydrogens is 338 g/mol. The molecule has 2 aromatic heterocycles. The molecule has 3 rings (SSSR count). The predicted molar refractivity (Wildman–Crippen MR) is 88.2 cm³/mol. The summed E-state index contributed by atoms with van der Waals surface area (Å²) in [6.07, 6.45) is 0. The van der Waals surface area contributed by atoms with Crippen LogP contribution < -0.4 is 5.32 Å². The molecule has 0 amide bonds. The van der Waals surface area contributed by atoms with E-state index in [1.54, 1.807) is 22.7 Å². The third-order valence-electron chi connectivity index (χ3n) is 2.81. The Morgan fingerprint density at radius 3 is 1.89 bits per heavy atom. The van der Waals surface area contributed by atoms with Crippen LogP contribution in [-0.4, -0.2) is 0 Å². The van der Waals surface area contributed by atoms with Crippen LogP contribution >= 0.6 is 38.6 Å². The largest absolute Gasteiger partial charge is 0.373 e. The number of benzene rings is 1. The lowest BCUT2D eigenvalue weighted by Crippen LogP contribution is -2.09. The normalized spacial score (nSPS) is 10.8. The van der Waals surface area contributed by atoms with Gasteiger partial charge in [-0.15, -0.1) is 22.7 Å². The number of nitrogens with one attached hydrogen (secondary N) is 1. The van der Waals surface area contributed by atoms with E-state index < -0.39 is 0 Å². The lowest BCUT2D eigenvalue weighted by Gasteiger charge is -2.17. The van der Waals surface area contributed by atoms with E-state index in [1.165, 1.54) is 9.75 Å². The second kappa shape index (κ2) is 5.90. The van der Waals surface area contributed by atoms with Gasteiger partial charge in [0, 0.05) is 19.9 Å². The minimum absolute atomic E-state index is 0.237. The summed E-state index contributed by atoms with van der Waals surface area (Å²) >= 11 is 7.04. The van der Waals surface area contributed by atoms with E-state index in [4.69, 9.17) is 0 Å². The van der Waals surface area contributed by atoms with E-state index in [0.717, 1.165) is 10.2 Å². The first-order valence-electron chi connectivity index (χ1n) is 5.92. The second-order valence-corrected chi connectivity index (χ2v) is 6.99. The van der Waals surface area contributed by atoms with Crippen LogP contribution in [0, 0.1) is 0 Å². The average molecular weight is 350 g/mol. The van der Waals surface area contributed by atoms with Crippen molar-refractivity contribution in [2.45, 2.75) is 6.04 Å². The van der Waals surface area contributed by atoms with Gasteiger partial charge in [-0.25, -0.2) is 0 Å². The molecule has 96 valence electrons. The van der Waals surface area contributed by atoms with Crippen LogP contribution in [0.5, 0.6) is 0 Å². The molecule has 0 bridgehead atoms. The summed E-state index contributed by atoms with van der Waals surface area (Å²) in [4.78, 5) is 2.68. The summed E-state index contributed by atoms with van der Waals surface area (Å²) in [7, 11) is 0. The highest BCUT2D eigenvalue weighted by Crippen LogP contribution is 2.32. The van der Waals surface area contributed by atoms with Crippen molar-refractivity contribution in [1.29, 1.82) is 0 Å². The van der Waals surface area contributed by atoms with Gasteiger partial charge in [0.05, 0.1) is 6.04 Å². The van der Waals surface area contributed by atoms with Gasteiger partial charge in [0.15, 0.2) is 0 Å². The van der Waals surface area contributed by atoms with Crippen molar-refractivity contribution in [2.24, 2.45) is 0 Å². The average Bonchev–Trinajstić information content (AvgIpc) is 3.11. The van der Waals surface area contributed by atoms with Gasteiger partial charge >= 0.3 is 0 Å². The van der Waals surface area contributed by atoms with Gasteiger partial charge in [0.2, 0.25) is 0 Å². The first-order valence-corrected chi connectivity index (χ1v) is 8.47. The van der Waals surface area contributed by atoms with Crippen molar-refractivity contribution in [3.05, 3.63) is 73.5 Å². The lowest BCUT2D eigenvalue weighted by atomic mass is 10.2. The first kappa shape index (κ1) is 12.9. The van der Waals surface area contributed by atoms with Gasteiger partial charge in [0.25, 0.3) is 0 Å². The van der Waals surface area contributed by atoms with Crippen molar-refractivity contribution in [3.8, 4) is 0 Å². The Hall–Kier alpha value is -1.10. The number of halogens is 1. The smallest absolute Gasteiger partial charge is 0.0953 e. The number of hydrogen-bond donors (Lipinski definition) is 1. The van der Waals surface area contributed by atoms with Gasteiger partial charge in [-0.3, -0.25) is 0 Å². The maximum Gasteiger partial charge on any atom is 0.0953 e. The van der Waals surface area contributed by atoms with Gasteiger partial charge in [-0.05, 0) is 47.2 Å². The molecule has 0 spiro atoms. The maximum absolute atomic E-state index is 3.61. The topological polar surface area (TPSA) is 12.0 Å². The van der Waals surface area contributed by atoms with Gasteiger partial charge in [0.1, 0.15) is 0 Å². The Labute approximate surface area is 129 Å². The molecule has 0 unspecified atom stereocenters. The zero-order valence-electron chi connectivity index (χ0n) is 10.0.